The summed E-state index contributed by atoms with van der Waals surface area (Å²) >= 11 is 0. The predicted octanol–water partition coefficient (Wildman–Crippen LogP) is 4.00. The van der Waals surface area contributed by atoms with Crippen LogP contribution in [0.1, 0.15) is 51.2 Å². The molecular formula is C18H23FN2. The fraction of sp³-hybridized carbons (Fsp3) is 0.611. The first-order valence-electron chi connectivity index (χ1n) is 7.80. The number of nitrogens with one attached hydrogen (secondary N) is 1. The third kappa shape index (κ3) is 2.08. The van der Waals surface area contributed by atoms with Crippen LogP contribution in [-0.4, -0.2) is 6.04 Å². The number of rotatable bonds is 3. The summed E-state index contributed by atoms with van der Waals surface area (Å²) in [7, 11) is 0. The lowest BCUT2D eigenvalue weighted by Gasteiger charge is -2.39. The van der Waals surface area contributed by atoms with Gasteiger partial charge in [-0.25, -0.2) is 4.39 Å². The van der Waals surface area contributed by atoms with E-state index in [-0.39, 0.29) is 5.56 Å². The van der Waals surface area contributed by atoms with E-state index in [9.17, 15) is 4.39 Å². The molecule has 3 unspecified atom stereocenters. The highest BCUT2D eigenvalue weighted by Gasteiger charge is 2.60. The zero-order chi connectivity index (χ0) is 15.3. The van der Waals surface area contributed by atoms with E-state index in [4.69, 9.17) is 5.26 Å². The van der Waals surface area contributed by atoms with Gasteiger partial charge >= 0.3 is 0 Å². The van der Waals surface area contributed by atoms with Crippen LogP contribution in [0.25, 0.3) is 0 Å². The summed E-state index contributed by atoms with van der Waals surface area (Å²) in [6, 6.07) is 7.24. The molecular weight excluding hydrogens is 263 g/mol. The molecule has 21 heavy (non-hydrogen) atoms. The maximum absolute atomic E-state index is 13.4. The fourth-order valence-electron chi connectivity index (χ4n) is 4.52. The minimum Gasteiger partial charge on any atom is -0.309 e. The maximum Gasteiger partial charge on any atom is 0.140 e. The molecule has 0 heterocycles. The Bertz CT molecular complexity index is 602. The smallest absolute Gasteiger partial charge is 0.140 e. The number of nitrogens with zero attached hydrogens (tertiary/aromatic N) is 1. The summed E-state index contributed by atoms with van der Waals surface area (Å²) in [5.41, 5.74) is 1.85. The highest BCUT2D eigenvalue weighted by molar-refractivity contribution is 5.34. The van der Waals surface area contributed by atoms with Crippen molar-refractivity contribution in [3.8, 4) is 6.07 Å². The van der Waals surface area contributed by atoms with Crippen LogP contribution in [0.2, 0.25) is 0 Å². The van der Waals surface area contributed by atoms with Crippen LogP contribution in [0.5, 0.6) is 0 Å². The third-order valence-electron chi connectivity index (χ3n) is 6.50. The molecule has 3 heteroatoms. The average Bonchev–Trinajstić information content (AvgIpc) is 2.79. The molecule has 2 aliphatic carbocycles. The van der Waals surface area contributed by atoms with Crippen molar-refractivity contribution < 1.29 is 4.39 Å². The molecule has 0 amide bonds. The molecule has 3 atom stereocenters. The largest absolute Gasteiger partial charge is 0.309 e. The zero-order valence-electron chi connectivity index (χ0n) is 13.0. The van der Waals surface area contributed by atoms with Gasteiger partial charge in [-0.2, -0.15) is 5.26 Å². The zero-order valence-corrected chi connectivity index (χ0v) is 13.0. The molecule has 0 radical (unpaired) electrons. The molecule has 2 bridgehead atoms. The molecule has 0 aliphatic heterocycles. The molecule has 0 spiro atoms. The summed E-state index contributed by atoms with van der Waals surface area (Å²) in [6.45, 7) is 7.91. The van der Waals surface area contributed by atoms with Crippen LogP contribution >= 0.6 is 0 Å². The van der Waals surface area contributed by atoms with Gasteiger partial charge in [-0.3, -0.25) is 0 Å². The van der Waals surface area contributed by atoms with Crippen LogP contribution in [0, 0.1) is 33.9 Å². The van der Waals surface area contributed by atoms with Crippen LogP contribution in [0.4, 0.5) is 4.39 Å². The molecule has 2 fully saturated rings. The second kappa shape index (κ2) is 4.81. The van der Waals surface area contributed by atoms with Crippen molar-refractivity contribution in [1.29, 1.82) is 5.26 Å². The molecule has 0 saturated heterocycles. The minimum atomic E-state index is -0.436. The third-order valence-corrected chi connectivity index (χ3v) is 6.50. The summed E-state index contributed by atoms with van der Waals surface area (Å²) in [5, 5.41) is 12.6. The Labute approximate surface area is 126 Å². The van der Waals surface area contributed by atoms with E-state index in [1.165, 1.54) is 25.3 Å². The van der Waals surface area contributed by atoms with Crippen LogP contribution in [-0.2, 0) is 6.54 Å². The molecule has 2 nitrogen and oxygen atoms in total. The number of fused-ring (bicyclic) bond motifs is 2. The summed E-state index contributed by atoms with van der Waals surface area (Å²) in [4.78, 5) is 0. The first kappa shape index (κ1) is 14.5. The van der Waals surface area contributed by atoms with Crippen molar-refractivity contribution in [2.75, 3.05) is 0 Å². The SMILES string of the molecule is CC1(C)C2CCC1(C)C(NCc1ccc(F)c(C#N)c1)C2. The van der Waals surface area contributed by atoms with Crippen molar-refractivity contribution in [2.45, 2.75) is 52.6 Å². The highest BCUT2D eigenvalue weighted by atomic mass is 19.1. The Morgan fingerprint density at radius 3 is 2.71 bits per heavy atom. The van der Waals surface area contributed by atoms with Crippen LogP contribution in [0.15, 0.2) is 18.2 Å². The molecule has 0 aromatic heterocycles. The van der Waals surface area contributed by atoms with Crippen LogP contribution in [0.3, 0.4) is 0 Å². The van der Waals surface area contributed by atoms with Gasteiger partial charge in [-0.15, -0.1) is 0 Å². The number of halogens is 1. The van der Waals surface area contributed by atoms with Gasteiger partial charge in [0.15, 0.2) is 0 Å². The summed E-state index contributed by atoms with van der Waals surface area (Å²) < 4.78 is 13.4. The van der Waals surface area contributed by atoms with Crippen molar-refractivity contribution in [2.24, 2.45) is 16.7 Å². The lowest BCUT2D eigenvalue weighted by molar-refractivity contribution is 0.120. The Hall–Kier alpha value is -1.40. The molecule has 1 aromatic rings. The molecule has 1 N–H and O–H groups in total. The second-order valence-electron chi connectivity index (χ2n) is 7.47. The van der Waals surface area contributed by atoms with Crippen molar-refractivity contribution in [1.82, 2.24) is 5.32 Å². The van der Waals surface area contributed by atoms with Gasteiger partial charge < -0.3 is 5.32 Å². The topological polar surface area (TPSA) is 35.8 Å². The summed E-state index contributed by atoms with van der Waals surface area (Å²) in [6.07, 6.45) is 3.86. The van der Waals surface area contributed by atoms with E-state index < -0.39 is 5.82 Å². The first-order valence-corrected chi connectivity index (χ1v) is 7.80. The predicted molar refractivity (Wildman–Crippen MR) is 81.0 cm³/mol. The fourth-order valence-corrected chi connectivity index (χ4v) is 4.52. The van der Waals surface area contributed by atoms with Gasteiger partial charge in [0.25, 0.3) is 0 Å². The van der Waals surface area contributed by atoms with E-state index in [0.717, 1.165) is 11.5 Å². The van der Waals surface area contributed by atoms with E-state index in [1.807, 2.05) is 6.07 Å². The summed E-state index contributed by atoms with van der Waals surface area (Å²) in [5.74, 6) is 0.372. The van der Waals surface area contributed by atoms with Gasteiger partial charge in [-0.05, 0) is 53.7 Å². The quantitative estimate of drug-likeness (QED) is 0.911. The number of hydrogen-bond acceptors (Lipinski definition) is 2. The monoisotopic (exact) mass is 286 g/mol. The van der Waals surface area contributed by atoms with E-state index in [0.29, 0.717) is 23.4 Å². The normalized spacial score (nSPS) is 33.1. The number of benzene rings is 1. The van der Waals surface area contributed by atoms with Crippen molar-refractivity contribution in [3.05, 3.63) is 35.1 Å². The second-order valence-corrected chi connectivity index (χ2v) is 7.47. The molecule has 1 aromatic carbocycles. The Kier molecular flexibility index (Phi) is 3.33. The molecule has 112 valence electrons. The molecule has 3 rings (SSSR count). The van der Waals surface area contributed by atoms with Crippen molar-refractivity contribution >= 4 is 0 Å². The van der Waals surface area contributed by atoms with Gasteiger partial charge in [0, 0.05) is 12.6 Å². The van der Waals surface area contributed by atoms with Gasteiger partial charge in [0.05, 0.1) is 5.56 Å². The van der Waals surface area contributed by atoms with Gasteiger partial charge in [0.1, 0.15) is 11.9 Å². The average molecular weight is 286 g/mol. The standard InChI is InChI=1S/C18H23FN2/c1-17(2)14-6-7-18(17,3)16(9-14)21-11-12-4-5-15(19)13(8-12)10-20/h4-5,8,14,16,21H,6-7,9,11H2,1-3H3. The molecule has 2 aliphatic rings. The first-order chi connectivity index (χ1) is 9.88. The lowest BCUT2D eigenvalue weighted by atomic mass is 9.69. The lowest BCUT2D eigenvalue weighted by Crippen LogP contribution is -2.44. The van der Waals surface area contributed by atoms with E-state index >= 15 is 0 Å². The molecule has 2 saturated carbocycles. The minimum absolute atomic E-state index is 0.133. The maximum atomic E-state index is 13.4. The Morgan fingerprint density at radius 1 is 1.38 bits per heavy atom. The number of nitriles is 1. The van der Waals surface area contributed by atoms with E-state index in [2.05, 4.69) is 26.1 Å². The van der Waals surface area contributed by atoms with Gasteiger partial charge in [0.2, 0.25) is 0 Å². The number of hydrogen-bond donors (Lipinski definition) is 1. The van der Waals surface area contributed by atoms with Crippen molar-refractivity contribution in [3.63, 3.8) is 0 Å². The van der Waals surface area contributed by atoms with E-state index in [1.54, 1.807) is 12.1 Å². The highest BCUT2D eigenvalue weighted by Crippen LogP contribution is 2.65. The Morgan fingerprint density at radius 2 is 2.14 bits per heavy atom. The Balaban J connectivity index is 1.71. The van der Waals surface area contributed by atoms with Crippen LogP contribution < -0.4 is 5.32 Å². The van der Waals surface area contributed by atoms with Gasteiger partial charge in [-0.1, -0.05) is 26.8 Å².